The van der Waals surface area contributed by atoms with Gasteiger partial charge in [0.2, 0.25) is 5.75 Å². The first-order chi connectivity index (χ1) is 12.2. The summed E-state index contributed by atoms with van der Waals surface area (Å²) >= 11 is 0. The zero-order valence-corrected chi connectivity index (χ0v) is 14.1. The molecule has 25 heavy (non-hydrogen) atoms. The van der Waals surface area contributed by atoms with Gasteiger partial charge in [0.1, 0.15) is 5.82 Å². The Morgan fingerprint density at radius 1 is 1.08 bits per heavy atom. The molecule has 2 heterocycles. The highest BCUT2D eigenvalue weighted by Gasteiger charge is 2.15. The topological polar surface area (TPSA) is 81.6 Å². The van der Waals surface area contributed by atoms with Gasteiger partial charge in [-0.25, -0.2) is 4.98 Å². The number of phenols is 2. The van der Waals surface area contributed by atoms with Gasteiger partial charge in [-0.3, -0.25) is 0 Å². The van der Waals surface area contributed by atoms with Crippen molar-refractivity contribution in [2.75, 3.05) is 25.1 Å². The Hall–Kier alpha value is -2.89. The first-order valence-electron chi connectivity index (χ1n) is 8.51. The number of benzene rings is 2. The Morgan fingerprint density at radius 3 is 2.64 bits per heavy atom. The Bertz CT molecular complexity index is 914. The molecule has 130 valence electrons. The molecular formula is C19H21N3O3. The van der Waals surface area contributed by atoms with Crippen LogP contribution in [0.3, 0.4) is 0 Å². The van der Waals surface area contributed by atoms with Crippen molar-refractivity contribution in [3.05, 3.63) is 30.3 Å². The molecule has 0 spiro atoms. The van der Waals surface area contributed by atoms with Crippen molar-refractivity contribution in [1.82, 2.24) is 9.97 Å². The van der Waals surface area contributed by atoms with Crippen LogP contribution in [-0.2, 0) is 0 Å². The molecule has 1 aliphatic rings. The van der Waals surface area contributed by atoms with Crippen LogP contribution in [-0.4, -0.2) is 40.4 Å². The second kappa shape index (κ2) is 6.20. The number of hydrogen-bond donors (Lipinski definition) is 3. The molecular weight excluding hydrogens is 318 g/mol. The Balaban J connectivity index is 1.73. The van der Waals surface area contributed by atoms with Crippen LogP contribution < -0.4 is 9.64 Å². The van der Waals surface area contributed by atoms with Crippen LogP contribution in [0.1, 0.15) is 19.3 Å². The van der Waals surface area contributed by atoms with Crippen molar-refractivity contribution in [3.63, 3.8) is 0 Å². The summed E-state index contributed by atoms with van der Waals surface area (Å²) in [5, 5.41) is 19.7. The Labute approximate surface area is 145 Å². The molecule has 1 aromatic heterocycles. The lowest BCUT2D eigenvalue weighted by Crippen LogP contribution is -2.29. The van der Waals surface area contributed by atoms with Gasteiger partial charge < -0.3 is 24.8 Å². The molecule has 2 aromatic carbocycles. The Kier molecular flexibility index (Phi) is 3.87. The second-order valence-corrected chi connectivity index (χ2v) is 6.38. The average Bonchev–Trinajstić information content (AvgIpc) is 3.08. The van der Waals surface area contributed by atoms with Gasteiger partial charge in [-0.1, -0.05) is 0 Å². The van der Waals surface area contributed by atoms with Gasteiger partial charge in [-0.15, -0.1) is 0 Å². The maximum atomic E-state index is 9.88. The van der Waals surface area contributed by atoms with Crippen molar-refractivity contribution in [3.8, 4) is 28.6 Å². The predicted molar refractivity (Wildman–Crippen MR) is 97.5 cm³/mol. The standard InChI is InChI=1S/C19H21N3O3/c1-25-17-10-12(9-16(23)18(17)24)19-20-14-6-5-13(11-15(14)21-19)22-7-3-2-4-8-22/h5-6,9-11,23-24H,2-4,7-8H2,1H3,(H,20,21). The number of aromatic nitrogens is 2. The normalized spacial score (nSPS) is 14.8. The molecule has 4 rings (SSSR count). The summed E-state index contributed by atoms with van der Waals surface area (Å²) < 4.78 is 5.10. The van der Waals surface area contributed by atoms with Gasteiger partial charge >= 0.3 is 0 Å². The molecule has 0 unspecified atom stereocenters. The largest absolute Gasteiger partial charge is 0.504 e. The van der Waals surface area contributed by atoms with E-state index in [1.54, 1.807) is 6.07 Å². The number of nitrogens with zero attached hydrogens (tertiary/aromatic N) is 2. The zero-order chi connectivity index (χ0) is 17.4. The van der Waals surface area contributed by atoms with Crippen molar-refractivity contribution in [2.24, 2.45) is 0 Å². The van der Waals surface area contributed by atoms with E-state index in [0.717, 1.165) is 24.1 Å². The molecule has 0 aliphatic carbocycles. The quantitative estimate of drug-likeness (QED) is 0.635. The third-order valence-corrected chi connectivity index (χ3v) is 4.73. The number of aromatic hydroxyl groups is 2. The number of ether oxygens (including phenoxy) is 1. The fourth-order valence-corrected chi connectivity index (χ4v) is 3.37. The van der Waals surface area contributed by atoms with Gasteiger partial charge in [-0.05, 0) is 49.6 Å². The van der Waals surface area contributed by atoms with Crippen LogP contribution in [0.15, 0.2) is 30.3 Å². The number of methoxy groups -OCH3 is 1. The third kappa shape index (κ3) is 2.84. The van der Waals surface area contributed by atoms with Crippen molar-refractivity contribution in [1.29, 1.82) is 0 Å². The summed E-state index contributed by atoms with van der Waals surface area (Å²) in [5.41, 5.74) is 3.67. The van der Waals surface area contributed by atoms with Crippen LogP contribution in [0.4, 0.5) is 5.69 Å². The van der Waals surface area contributed by atoms with Gasteiger partial charge in [0, 0.05) is 24.3 Å². The molecule has 1 saturated heterocycles. The molecule has 0 saturated carbocycles. The molecule has 0 bridgehead atoms. The maximum Gasteiger partial charge on any atom is 0.200 e. The zero-order valence-electron chi connectivity index (χ0n) is 14.1. The smallest absolute Gasteiger partial charge is 0.200 e. The van der Waals surface area contributed by atoms with Crippen molar-refractivity contribution >= 4 is 16.7 Å². The molecule has 0 radical (unpaired) electrons. The van der Waals surface area contributed by atoms with Gasteiger partial charge in [0.05, 0.1) is 18.1 Å². The number of phenolic OH excluding ortho intramolecular Hbond substituents is 2. The molecule has 1 aliphatic heterocycles. The lowest BCUT2D eigenvalue weighted by atomic mass is 10.1. The highest BCUT2D eigenvalue weighted by Crippen LogP contribution is 2.39. The van der Waals surface area contributed by atoms with Crippen LogP contribution in [0.2, 0.25) is 0 Å². The van der Waals surface area contributed by atoms with E-state index in [1.807, 2.05) is 6.07 Å². The number of nitrogens with one attached hydrogen (secondary N) is 1. The van der Waals surface area contributed by atoms with E-state index in [2.05, 4.69) is 27.0 Å². The summed E-state index contributed by atoms with van der Waals surface area (Å²) in [6, 6.07) is 9.36. The van der Waals surface area contributed by atoms with Gasteiger partial charge in [-0.2, -0.15) is 0 Å². The first kappa shape index (κ1) is 15.6. The monoisotopic (exact) mass is 339 g/mol. The van der Waals surface area contributed by atoms with E-state index in [1.165, 1.54) is 38.1 Å². The number of rotatable bonds is 3. The molecule has 1 fully saturated rings. The van der Waals surface area contributed by atoms with E-state index in [-0.39, 0.29) is 17.2 Å². The lowest BCUT2D eigenvalue weighted by molar-refractivity contribution is 0.351. The van der Waals surface area contributed by atoms with Crippen LogP contribution in [0, 0.1) is 0 Å². The molecule has 3 aromatic rings. The van der Waals surface area contributed by atoms with Crippen molar-refractivity contribution in [2.45, 2.75) is 19.3 Å². The van der Waals surface area contributed by atoms with Gasteiger partial charge in [0.15, 0.2) is 11.5 Å². The minimum Gasteiger partial charge on any atom is -0.504 e. The molecule has 6 nitrogen and oxygen atoms in total. The fourth-order valence-electron chi connectivity index (χ4n) is 3.37. The Morgan fingerprint density at radius 2 is 1.88 bits per heavy atom. The number of anilines is 1. The van der Waals surface area contributed by atoms with E-state index in [9.17, 15) is 10.2 Å². The molecule has 3 N–H and O–H groups in total. The summed E-state index contributed by atoms with van der Waals surface area (Å²) in [6.07, 6.45) is 3.77. The fraction of sp³-hybridized carbons (Fsp3) is 0.316. The van der Waals surface area contributed by atoms with E-state index in [4.69, 9.17) is 4.74 Å². The van der Waals surface area contributed by atoms with E-state index in [0.29, 0.717) is 11.4 Å². The third-order valence-electron chi connectivity index (χ3n) is 4.73. The number of aromatic amines is 1. The summed E-state index contributed by atoms with van der Waals surface area (Å²) in [7, 11) is 1.45. The molecule has 0 atom stereocenters. The highest BCUT2D eigenvalue weighted by molar-refractivity contribution is 5.83. The van der Waals surface area contributed by atoms with Crippen molar-refractivity contribution < 1.29 is 14.9 Å². The summed E-state index contributed by atoms with van der Waals surface area (Å²) in [4.78, 5) is 10.3. The van der Waals surface area contributed by atoms with Crippen LogP contribution in [0.25, 0.3) is 22.4 Å². The number of piperidine rings is 1. The number of H-pyrrole nitrogens is 1. The SMILES string of the molecule is COc1cc(-c2nc3ccc(N4CCCCC4)cc3[nH]2)cc(O)c1O. The van der Waals surface area contributed by atoms with E-state index >= 15 is 0 Å². The minimum absolute atomic E-state index is 0.212. The maximum absolute atomic E-state index is 9.88. The predicted octanol–water partition coefficient (Wildman–Crippen LogP) is 3.64. The summed E-state index contributed by atoms with van der Waals surface area (Å²) in [5.74, 6) is 0.336. The van der Waals surface area contributed by atoms with Gasteiger partial charge in [0.25, 0.3) is 0 Å². The summed E-state index contributed by atoms with van der Waals surface area (Å²) in [6.45, 7) is 2.19. The number of hydrogen-bond acceptors (Lipinski definition) is 5. The molecule has 0 amide bonds. The molecule has 6 heteroatoms. The second-order valence-electron chi connectivity index (χ2n) is 6.38. The average molecular weight is 339 g/mol. The lowest BCUT2D eigenvalue weighted by Gasteiger charge is -2.28. The van der Waals surface area contributed by atoms with Crippen LogP contribution >= 0.6 is 0 Å². The number of imidazole rings is 1. The highest BCUT2D eigenvalue weighted by atomic mass is 16.5. The number of fused-ring (bicyclic) bond motifs is 1. The first-order valence-corrected chi connectivity index (χ1v) is 8.51. The minimum atomic E-state index is -0.269. The van der Waals surface area contributed by atoms with E-state index < -0.39 is 0 Å². The van der Waals surface area contributed by atoms with Crippen LogP contribution in [0.5, 0.6) is 17.2 Å².